The Balaban J connectivity index is 1.35. The number of carbonyl (C=O) groups is 3. The van der Waals surface area contributed by atoms with E-state index in [1.165, 1.54) is 17.0 Å². The molecule has 3 amide bonds. The summed E-state index contributed by atoms with van der Waals surface area (Å²) >= 11 is 0. The smallest absolute Gasteiger partial charge is 0.332 e. The van der Waals surface area contributed by atoms with E-state index < -0.39 is 35.4 Å². The molecule has 1 aliphatic carbocycles. The average Bonchev–Trinajstić information content (AvgIpc) is 3.59. The number of allylic oxidation sites excluding steroid dienone is 1. The lowest BCUT2D eigenvalue weighted by Crippen LogP contribution is -2.55. The number of benzene rings is 2. The van der Waals surface area contributed by atoms with Gasteiger partial charge in [0.1, 0.15) is 29.3 Å². The third kappa shape index (κ3) is 6.33. The lowest BCUT2D eigenvalue weighted by atomic mass is 10.1. The normalized spacial score (nSPS) is 25.3. The number of halogens is 1. The molecule has 248 valence electrons. The molecule has 2 fully saturated rings. The standard InChI is InChI=1S/C35H40FN5O6/c1-5-46-33(43)35-19-23(35)12-8-6-7-9-16-40(3)34(44)41-20-25(18-27(41)31(42)39-35)47-32-26-14-15-28(45-4)21(2)29(26)37-30(38-32)22-11-10-13-24(36)17-22/h8,10-15,17,23,25,27H,5-7,9,16,18-20H2,1-4H3,(H,39,42)/b12-8-/t23-,25-,27+,35-/m1/s1. The Labute approximate surface area is 273 Å². The van der Waals surface area contributed by atoms with Crippen LogP contribution in [-0.4, -0.2) is 89.2 Å². The fraction of sp³-hybridized carbons (Fsp3) is 0.457. The van der Waals surface area contributed by atoms with E-state index in [1.807, 2.05) is 19.1 Å². The summed E-state index contributed by atoms with van der Waals surface area (Å²) in [6.45, 7) is 4.45. The van der Waals surface area contributed by atoms with E-state index in [2.05, 4.69) is 5.32 Å². The van der Waals surface area contributed by atoms with Gasteiger partial charge in [-0.15, -0.1) is 0 Å². The first-order valence-electron chi connectivity index (χ1n) is 16.1. The van der Waals surface area contributed by atoms with Crippen molar-refractivity contribution in [1.29, 1.82) is 0 Å². The van der Waals surface area contributed by atoms with Gasteiger partial charge in [-0.1, -0.05) is 24.3 Å². The van der Waals surface area contributed by atoms with Crippen LogP contribution in [0.2, 0.25) is 0 Å². The highest BCUT2D eigenvalue weighted by Gasteiger charge is 2.62. The lowest BCUT2D eigenvalue weighted by molar-refractivity contribution is -0.149. The predicted molar refractivity (Wildman–Crippen MR) is 172 cm³/mol. The van der Waals surface area contributed by atoms with E-state index in [1.54, 1.807) is 50.2 Å². The molecule has 47 heavy (non-hydrogen) atoms. The molecule has 1 aromatic heterocycles. The predicted octanol–water partition coefficient (Wildman–Crippen LogP) is 4.80. The van der Waals surface area contributed by atoms with Gasteiger partial charge in [-0.05, 0) is 63.8 Å². The van der Waals surface area contributed by atoms with Gasteiger partial charge in [0.15, 0.2) is 5.82 Å². The van der Waals surface area contributed by atoms with E-state index in [0.717, 1.165) is 24.8 Å². The van der Waals surface area contributed by atoms with Crippen molar-refractivity contribution in [2.24, 2.45) is 5.92 Å². The topological polar surface area (TPSA) is 123 Å². The highest BCUT2D eigenvalue weighted by atomic mass is 19.1. The van der Waals surface area contributed by atoms with Gasteiger partial charge in [0.25, 0.3) is 0 Å². The van der Waals surface area contributed by atoms with Gasteiger partial charge < -0.3 is 29.3 Å². The van der Waals surface area contributed by atoms with Crippen molar-refractivity contribution < 1.29 is 33.0 Å². The van der Waals surface area contributed by atoms with Crippen molar-refractivity contribution in [3.05, 3.63) is 59.9 Å². The molecule has 3 aliphatic rings. The Morgan fingerprint density at radius 3 is 2.77 bits per heavy atom. The van der Waals surface area contributed by atoms with Crippen LogP contribution in [-0.2, 0) is 14.3 Å². The number of aryl methyl sites for hydroxylation is 1. The van der Waals surface area contributed by atoms with E-state index in [-0.39, 0.29) is 43.2 Å². The number of aromatic nitrogens is 2. The van der Waals surface area contributed by atoms with Gasteiger partial charge in [0, 0.05) is 37.1 Å². The molecule has 2 aliphatic heterocycles. The molecule has 11 nitrogen and oxygen atoms in total. The van der Waals surface area contributed by atoms with E-state index >= 15 is 0 Å². The number of methoxy groups -OCH3 is 1. The Bertz CT molecular complexity index is 1730. The summed E-state index contributed by atoms with van der Waals surface area (Å²) in [5, 5.41) is 3.58. The molecule has 1 saturated heterocycles. The second-order valence-corrected chi connectivity index (χ2v) is 12.4. The Kier molecular flexibility index (Phi) is 9.03. The molecule has 3 heterocycles. The van der Waals surface area contributed by atoms with Crippen molar-refractivity contribution >= 4 is 28.8 Å². The van der Waals surface area contributed by atoms with E-state index in [4.69, 9.17) is 24.2 Å². The molecular formula is C35H40FN5O6. The summed E-state index contributed by atoms with van der Waals surface area (Å²) in [4.78, 5) is 53.4. The number of hydrogen-bond acceptors (Lipinski definition) is 8. The number of nitrogens with zero attached hydrogens (tertiary/aromatic N) is 4. The molecular weight excluding hydrogens is 605 g/mol. The molecule has 0 unspecified atom stereocenters. The third-order valence-electron chi connectivity index (χ3n) is 9.24. The van der Waals surface area contributed by atoms with Crippen LogP contribution in [0.4, 0.5) is 9.18 Å². The van der Waals surface area contributed by atoms with Crippen molar-refractivity contribution in [2.45, 2.75) is 63.6 Å². The van der Waals surface area contributed by atoms with Crippen molar-refractivity contribution in [3.8, 4) is 23.0 Å². The molecule has 2 aromatic carbocycles. The van der Waals surface area contributed by atoms with Crippen LogP contribution in [0.5, 0.6) is 11.6 Å². The summed E-state index contributed by atoms with van der Waals surface area (Å²) in [6, 6.07) is 8.40. The summed E-state index contributed by atoms with van der Waals surface area (Å²) in [5.74, 6) is -0.388. The molecule has 12 heteroatoms. The zero-order valence-electron chi connectivity index (χ0n) is 27.1. The minimum Gasteiger partial charge on any atom is -0.496 e. The molecule has 0 bridgehead atoms. The summed E-state index contributed by atoms with van der Waals surface area (Å²) in [5.41, 5.74) is 0.637. The maximum atomic E-state index is 14.2. The third-order valence-corrected chi connectivity index (χ3v) is 9.24. The molecule has 4 atom stereocenters. The molecule has 1 N–H and O–H groups in total. The SMILES string of the molecule is CCOC(=O)[C@@]12C[C@H]1/C=C\CCCCN(C)C(=O)N1C[C@H](Oc3nc(-c4cccc(F)c4)nc4c(C)c(OC)ccc34)C[C@H]1C(=O)N2. The highest BCUT2D eigenvalue weighted by molar-refractivity contribution is 5.95. The molecule has 0 radical (unpaired) electrons. The summed E-state index contributed by atoms with van der Waals surface area (Å²) in [7, 11) is 3.30. The zero-order chi connectivity index (χ0) is 33.3. The first-order chi connectivity index (χ1) is 22.6. The van der Waals surface area contributed by atoms with Crippen LogP contribution in [0.15, 0.2) is 48.6 Å². The van der Waals surface area contributed by atoms with Crippen LogP contribution >= 0.6 is 0 Å². The van der Waals surface area contributed by atoms with Crippen LogP contribution in [0.3, 0.4) is 0 Å². The van der Waals surface area contributed by atoms with Gasteiger partial charge >= 0.3 is 12.0 Å². The fourth-order valence-electron chi connectivity index (χ4n) is 6.55. The van der Waals surface area contributed by atoms with Crippen molar-refractivity contribution in [2.75, 3.05) is 33.9 Å². The number of esters is 1. The van der Waals surface area contributed by atoms with Crippen molar-refractivity contribution in [1.82, 2.24) is 25.1 Å². The first-order valence-corrected chi connectivity index (χ1v) is 16.1. The molecule has 1 saturated carbocycles. The zero-order valence-corrected chi connectivity index (χ0v) is 27.1. The summed E-state index contributed by atoms with van der Waals surface area (Å²) < 4.78 is 31.6. The number of carbonyl (C=O) groups excluding carboxylic acids is 3. The van der Waals surface area contributed by atoms with Gasteiger partial charge in [-0.2, -0.15) is 4.98 Å². The summed E-state index contributed by atoms with van der Waals surface area (Å²) in [6.07, 6.45) is 6.50. The average molecular weight is 646 g/mol. The molecule has 3 aromatic rings. The number of urea groups is 1. The second kappa shape index (κ2) is 13.2. The quantitative estimate of drug-likeness (QED) is 0.300. The second-order valence-electron chi connectivity index (χ2n) is 12.4. The Hall–Kier alpha value is -4.74. The Morgan fingerprint density at radius 2 is 2.00 bits per heavy atom. The van der Waals surface area contributed by atoms with Gasteiger partial charge in [-0.25, -0.2) is 19.0 Å². The number of nitrogens with one attached hydrogen (secondary N) is 1. The number of ether oxygens (including phenoxy) is 3. The monoisotopic (exact) mass is 645 g/mol. The van der Waals surface area contributed by atoms with E-state index in [9.17, 15) is 18.8 Å². The van der Waals surface area contributed by atoms with Crippen molar-refractivity contribution in [3.63, 3.8) is 0 Å². The van der Waals surface area contributed by atoms with Crippen LogP contribution in [0, 0.1) is 18.7 Å². The minimum atomic E-state index is -1.16. The first kappa shape index (κ1) is 32.2. The van der Waals surface area contributed by atoms with Crippen LogP contribution in [0.1, 0.15) is 44.6 Å². The van der Waals surface area contributed by atoms with Gasteiger partial charge in [0.2, 0.25) is 11.8 Å². The number of hydrogen-bond donors (Lipinski definition) is 1. The lowest BCUT2D eigenvalue weighted by Gasteiger charge is -2.30. The maximum Gasteiger partial charge on any atom is 0.332 e. The highest BCUT2D eigenvalue weighted by Crippen LogP contribution is 2.46. The largest absolute Gasteiger partial charge is 0.496 e. The molecule has 0 spiro atoms. The number of rotatable bonds is 6. The van der Waals surface area contributed by atoms with Gasteiger partial charge in [-0.3, -0.25) is 4.79 Å². The number of amides is 3. The maximum absolute atomic E-state index is 14.2. The van der Waals surface area contributed by atoms with E-state index in [0.29, 0.717) is 35.2 Å². The Morgan fingerprint density at radius 1 is 1.17 bits per heavy atom. The molecule has 6 rings (SSSR count). The minimum absolute atomic E-state index is 0.118. The fourth-order valence-corrected chi connectivity index (χ4v) is 6.55. The van der Waals surface area contributed by atoms with Crippen LogP contribution in [0.25, 0.3) is 22.3 Å². The number of fused-ring (bicyclic) bond motifs is 3. The van der Waals surface area contributed by atoms with Crippen LogP contribution < -0.4 is 14.8 Å². The van der Waals surface area contributed by atoms with Gasteiger partial charge in [0.05, 0.1) is 31.2 Å².